The highest BCUT2D eigenvalue weighted by Gasteiger charge is 2.26. The van der Waals surface area contributed by atoms with Gasteiger partial charge in [-0.3, -0.25) is 0 Å². The first-order valence-electron chi connectivity index (χ1n) is 28.0. The van der Waals surface area contributed by atoms with Gasteiger partial charge in [-0.2, -0.15) is 0 Å². The number of rotatable bonds is 17. The third kappa shape index (κ3) is 10.3. The van der Waals surface area contributed by atoms with Crippen LogP contribution in [0.1, 0.15) is 0 Å². The normalized spacial score (nSPS) is 11.3. The summed E-state index contributed by atoms with van der Waals surface area (Å²) in [5.74, 6) is 0. The Morgan fingerprint density at radius 2 is 0.639 bits per heavy atom. The average Bonchev–Trinajstić information content (AvgIpc) is 3.97. The third-order valence-corrected chi connectivity index (χ3v) is 15.2. The van der Waals surface area contributed by atoms with Crippen LogP contribution in [0.25, 0.3) is 55.3 Å². The predicted octanol–water partition coefficient (Wildman–Crippen LogP) is 22.4. The number of nitrogens with zero attached hydrogens (tertiary/aromatic N) is 4. The molecule has 0 unspecified atom stereocenters. The van der Waals surface area contributed by atoms with Crippen molar-refractivity contribution in [3.63, 3.8) is 0 Å². The highest BCUT2D eigenvalue weighted by Crippen LogP contribution is 2.51. The lowest BCUT2D eigenvalue weighted by Gasteiger charge is -2.33. The highest BCUT2D eigenvalue weighted by molar-refractivity contribution is 6.09. The number of hydrogen-bond acceptors (Lipinski definition) is 5. The molecule has 1 heterocycles. The van der Waals surface area contributed by atoms with Crippen molar-refractivity contribution >= 4 is 84.5 Å². The third-order valence-electron chi connectivity index (χ3n) is 15.2. The van der Waals surface area contributed by atoms with Gasteiger partial charge in [-0.15, -0.1) is 0 Å². The molecule has 83 heavy (non-hydrogen) atoms. The van der Waals surface area contributed by atoms with E-state index in [9.17, 15) is 0 Å². The molecule has 0 fully saturated rings. The van der Waals surface area contributed by atoms with Gasteiger partial charge in [0.15, 0.2) is 0 Å². The van der Waals surface area contributed by atoms with Crippen LogP contribution in [0.15, 0.2) is 351 Å². The first-order chi connectivity index (χ1) is 41.1. The van der Waals surface area contributed by atoms with Gasteiger partial charge >= 0.3 is 0 Å². The van der Waals surface area contributed by atoms with Gasteiger partial charge in [0.25, 0.3) is 0 Å². The monoisotopic (exact) mass is 1070 g/mol. The van der Waals surface area contributed by atoms with Crippen LogP contribution in [0, 0.1) is 0 Å². The van der Waals surface area contributed by atoms with E-state index in [1.807, 2.05) is 30.4 Å². The molecule has 0 saturated carbocycles. The van der Waals surface area contributed by atoms with Gasteiger partial charge in [0, 0.05) is 84.3 Å². The summed E-state index contributed by atoms with van der Waals surface area (Å²) < 4.78 is 6.49. The molecule has 5 heteroatoms. The van der Waals surface area contributed by atoms with E-state index in [1.165, 1.54) is 0 Å². The van der Waals surface area contributed by atoms with E-state index in [1.54, 1.807) is 6.08 Å². The second kappa shape index (κ2) is 23.3. The molecule has 0 radical (unpaired) electrons. The summed E-state index contributed by atoms with van der Waals surface area (Å²) in [6.45, 7) is 8.25. The van der Waals surface area contributed by atoms with E-state index < -0.39 is 0 Å². The van der Waals surface area contributed by atoms with Crippen molar-refractivity contribution in [3.05, 3.63) is 346 Å². The zero-order valence-corrected chi connectivity index (χ0v) is 45.8. The molecule has 0 amide bonds. The fourth-order valence-electron chi connectivity index (χ4n) is 11.3. The first kappa shape index (κ1) is 51.3. The Morgan fingerprint density at radius 1 is 0.301 bits per heavy atom. The van der Waals surface area contributed by atoms with Gasteiger partial charge in [0.05, 0.1) is 11.4 Å². The summed E-state index contributed by atoms with van der Waals surface area (Å²) in [6, 6.07) is 110. The fourth-order valence-corrected chi connectivity index (χ4v) is 11.3. The molecule has 0 spiro atoms. The summed E-state index contributed by atoms with van der Waals surface area (Å²) in [6.07, 6.45) is 5.67. The molecule has 5 nitrogen and oxygen atoms in total. The molecule has 12 aromatic carbocycles. The number of fused-ring (bicyclic) bond motifs is 3. The first-order valence-corrected chi connectivity index (χ1v) is 28.0. The highest BCUT2D eigenvalue weighted by atomic mass is 16.3. The second-order valence-electron chi connectivity index (χ2n) is 20.2. The molecule has 0 saturated heterocycles. The minimum atomic E-state index is 0.888. The Kier molecular flexibility index (Phi) is 14.4. The van der Waals surface area contributed by atoms with Crippen LogP contribution < -0.4 is 19.6 Å². The number of para-hydroxylation sites is 8. The van der Waals surface area contributed by atoms with E-state index in [2.05, 4.69) is 324 Å². The lowest BCUT2D eigenvalue weighted by molar-refractivity contribution is 0.670. The molecule has 0 aliphatic heterocycles. The van der Waals surface area contributed by atoms with Crippen molar-refractivity contribution in [1.82, 2.24) is 0 Å². The van der Waals surface area contributed by atoms with Crippen LogP contribution in [0.4, 0.5) is 62.6 Å². The minimum absolute atomic E-state index is 0.888. The van der Waals surface area contributed by atoms with E-state index in [-0.39, 0.29) is 0 Å². The molecule has 1 aromatic heterocycles. The fraction of sp³-hybridized carbons (Fsp3) is 0. The van der Waals surface area contributed by atoms with Crippen LogP contribution in [0.5, 0.6) is 0 Å². The van der Waals surface area contributed by atoms with Crippen LogP contribution >= 0.6 is 0 Å². The quantitative estimate of drug-likeness (QED) is 0.0847. The zero-order valence-electron chi connectivity index (χ0n) is 45.8. The molecule has 13 rings (SSSR count). The minimum Gasteiger partial charge on any atom is -0.455 e. The molecule has 0 aliphatic carbocycles. The van der Waals surface area contributed by atoms with Crippen molar-refractivity contribution < 1.29 is 4.42 Å². The Bertz CT molecular complexity index is 4300. The molecular weight excluding hydrogens is 1010 g/mol. The number of furan rings is 1. The van der Waals surface area contributed by atoms with Gasteiger partial charge in [0.2, 0.25) is 0 Å². The van der Waals surface area contributed by atoms with Crippen molar-refractivity contribution in [1.29, 1.82) is 0 Å². The van der Waals surface area contributed by atoms with Gasteiger partial charge in [-0.25, -0.2) is 0 Å². The van der Waals surface area contributed by atoms with Crippen LogP contribution in [-0.4, -0.2) is 0 Å². The Hall–Kier alpha value is -11.1. The van der Waals surface area contributed by atoms with Crippen molar-refractivity contribution in [3.8, 4) is 33.4 Å². The predicted molar refractivity (Wildman–Crippen MR) is 351 cm³/mol. The average molecular weight is 1070 g/mol. The summed E-state index contributed by atoms with van der Waals surface area (Å²) in [4.78, 5) is 9.31. The van der Waals surface area contributed by atoms with Crippen LogP contribution in [0.2, 0.25) is 0 Å². The molecule has 0 aliphatic rings. The molecule has 396 valence electrons. The van der Waals surface area contributed by atoms with Crippen LogP contribution in [0.3, 0.4) is 0 Å². The largest absolute Gasteiger partial charge is 0.455 e. The summed E-state index contributed by atoms with van der Waals surface area (Å²) in [5.41, 5.74) is 20.3. The van der Waals surface area contributed by atoms with Crippen molar-refractivity contribution in [2.24, 2.45) is 0 Å². The summed E-state index contributed by atoms with van der Waals surface area (Å²) in [5, 5.41) is 2.23. The maximum Gasteiger partial charge on any atom is 0.143 e. The van der Waals surface area contributed by atoms with Crippen molar-refractivity contribution in [2.45, 2.75) is 0 Å². The van der Waals surface area contributed by atoms with Gasteiger partial charge in [-0.1, -0.05) is 201 Å². The van der Waals surface area contributed by atoms with E-state index >= 15 is 0 Å². The van der Waals surface area contributed by atoms with Gasteiger partial charge in [-0.05, 0) is 156 Å². The maximum absolute atomic E-state index is 6.49. The molecule has 0 bridgehead atoms. The summed E-state index contributed by atoms with van der Waals surface area (Å²) >= 11 is 0. The second-order valence-corrected chi connectivity index (χ2v) is 20.2. The van der Waals surface area contributed by atoms with Crippen LogP contribution in [-0.2, 0) is 0 Å². The number of benzene rings is 12. The topological polar surface area (TPSA) is 26.1 Å². The Balaban J connectivity index is 0.999. The molecule has 13 aromatic rings. The van der Waals surface area contributed by atoms with E-state index in [0.29, 0.717) is 0 Å². The smallest absolute Gasteiger partial charge is 0.143 e. The SMILES string of the molecule is C=C/C=C(\C=C)N(c1ccccc1)c1ccc(-c2cc(N(c3ccccc3)c3ccccc3)c(-c3ccc(N(c4ccccc4)c4ccc(-c5cccc6c5oc5ccccc56)cc4)cc3)cc2N(c2ccccc2)c2ccccc2)cc1. The molecule has 0 N–H and O–H groups in total. The van der Waals surface area contributed by atoms with Gasteiger partial charge in [0.1, 0.15) is 11.2 Å². The lowest BCUT2D eigenvalue weighted by atomic mass is 9.93. The number of allylic oxidation sites excluding steroid dienone is 3. The molecule has 0 atom stereocenters. The maximum atomic E-state index is 6.49. The zero-order chi connectivity index (χ0) is 55.9. The van der Waals surface area contributed by atoms with Crippen molar-refractivity contribution in [2.75, 3.05) is 19.6 Å². The standard InChI is InChI=1S/C78H58N4O/c1-3-26-60(4-2)79(61-27-11-5-12-28-61)67-51-45-58(46-52-67)73-55-76(82(65-35-19-9-20-36-65)66-37-21-10-22-38-66)74(56-75(73)81(63-31-15-7-16-32-63)64-33-17-8-18-34-64)59-47-53-69(54-48-59)80(62-29-13-6-14-30-62)68-49-43-57(44-50-68)70-40-25-41-72-71-39-23-24-42-77(71)83-78(70)72/h3-56H,1-2H2/b60-26+. The summed E-state index contributed by atoms with van der Waals surface area (Å²) in [7, 11) is 0. The van der Waals surface area contributed by atoms with E-state index in [4.69, 9.17) is 4.42 Å². The Morgan fingerprint density at radius 3 is 1.06 bits per heavy atom. The lowest BCUT2D eigenvalue weighted by Crippen LogP contribution is -2.15. The Labute approximate surface area is 485 Å². The van der Waals surface area contributed by atoms with Gasteiger partial charge < -0.3 is 24.0 Å². The number of hydrogen-bond donors (Lipinski definition) is 0. The van der Waals surface area contributed by atoms with E-state index in [0.717, 1.165) is 124 Å². The molecular formula is C78H58N4O. The number of anilines is 11.